The van der Waals surface area contributed by atoms with Crippen LogP contribution in [0, 0.1) is 11.8 Å². The SMILES string of the molecule is CC(NC(=O)C1CCC(C(=O)O)CC1)c1ccc(-n2cccn2)cc1. The van der Waals surface area contributed by atoms with Gasteiger partial charge in [0.25, 0.3) is 0 Å². The summed E-state index contributed by atoms with van der Waals surface area (Å²) in [6, 6.07) is 9.71. The van der Waals surface area contributed by atoms with E-state index in [2.05, 4.69) is 10.4 Å². The largest absolute Gasteiger partial charge is 0.481 e. The molecular formula is C19H23N3O3. The number of nitrogens with zero attached hydrogens (tertiary/aromatic N) is 2. The van der Waals surface area contributed by atoms with Crippen molar-refractivity contribution in [1.29, 1.82) is 0 Å². The molecule has 1 atom stereocenters. The van der Waals surface area contributed by atoms with E-state index in [4.69, 9.17) is 5.11 Å². The zero-order chi connectivity index (χ0) is 17.8. The molecule has 6 heteroatoms. The topological polar surface area (TPSA) is 84.2 Å². The van der Waals surface area contributed by atoms with Crippen molar-refractivity contribution < 1.29 is 14.7 Å². The highest BCUT2D eigenvalue weighted by Crippen LogP contribution is 2.29. The highest BCUT2D eigenvalue weighted by Gasteiger charge is 2.30. The minimum atomic E-state index is -0.746. The Hall–Kier alpha value is -2.63. The number of carbonyl (C=O) groups is 2. The Morgan fingerprint density at radius 3 is 2.36 bits per heavy atom. The normalized spacial score (nSPS) is 21.5. The Kier molecular flexibility index (Phi) is 5.16. The predicted octanol–water partition coefficient (Wildman–Crippen LogP) is 2.94. The molecule has 3 rings (SSSR count). The van der Waals surface area contributed by atoms with Crippen LogP contribution in [0.15, 0.2) is 42.7 Å². The van der Waals surface area contributed by atoms with Crippen LogP contribution < -0.4 is 5.32 Å². The zero-order valence-electron chi connectivity index (χ0n) is 14.3. The van der Waals surface area contributed by atoms with Crippen LogP contribution >= 0.6 is 0 Å². The summed E-state index contributed by atoms with van der Waals surface area (Å²) in [6.45, 7) is 1.96. The number of carbonyl (C=O) groups excluding carboxylic acids is 1. The van der Waals surface area contributed by atoms with E-state index in [-0.39, 0.29) is 23.8 Å². The molecule has 2 N–H and O–H groups in total. The van der Waals surface area contributed by atoms with Crippen molar-refractivity contribution in [2.45, 2.75) is 38.6 Å². The highest BCUT2D eigenvalue weighted by molar-refractivity contribution is 5.79. The predicted molar refractivity (Wildman–Crippen MR) is 93.2 cm³/mol. The fraction of sp³-hybridized carbons (Fsp3) is 0.421. The Bertz CT molecular complexity index is 717. The fourth-order valence-electron chi connectivity index (χ4n) is 3.35. The van der Waals surface area contributed by atoms with E-state index in [1.807, 2.05) is 43.5 Å². The minimum Gasteiger partial charge on any atom is -0.481 e. The number of nitrogens with one attached hydrogen (secondary N) is 1. The summed E-state index contributed by atoms with van der Waals surface area (Å²) in [6.07, 6.45) is 6.08. The molecule has 0 bridgehead atoms. The van der Waals surface area contributed by atoms with Crippen molar-refractivity contribution in [3.05, 3.63) is 48.3 Å². The quantitative estimate of drug-likeness (QED) is 0.876. The van der Waals surface area contributed by atoms with Gasteiger partial charge in [-0.15, -0.1) is 0 Å². The van der Waals surface area contributed by atoms with Crippen LogP contribution in [0.1, 0.15) is 44.2 Å². The molecule has 25 heavy (non-hydrogen) atoms. The third-order valence-corrected chi connectivity index (χ3v) is 4.97. The van der Waals surface area contributed by atoms with Gasteiger partial charge in [0.15, 0.2) is 0 Å². The van der Waals surface area contributed by atoms with Gasteiger partial charge in [-0.05, 0) is 56.4 Å². The summed E-state index contributed by atoms with van der Waals surface area (Å²) in [4.78, 5) is 23.4. The number of amides is 1. The maximum Gasteiger partial charge on any atom is 0.306 e. The van der Waals surface area contributed by atoms with Crippen molar-refractivity contribution in [3.8, 4) is 5.69 Å². The van der Waals surface area contributed by atoms with Gasteiger partial charge in [-0.25, -0.2) is 4.68 Å². The maximum absolute atomic E-state index is 12.4. The standard InChI is InChI=1S/C19H23N3O3/c1-13(14-7-9-17(10-8-14)22-12-2-11-20-22)21-18(23)15-3-5-16(6-4-15)19(24)25/h2,7-13,15-16H,3-6H2,1H3,(H,21,23)(H,24,25). The Morgan fingerprint density at radius 2 is 1.80 bits per heavy atom. The van der Waals surface area contributed by atoms with Crippen LogP contribution in [0.3, 0.4) is 0 Å². The number of carboxylic acid groups (broad SMARTS) is 1. The van der Waals surface area contributed by atoms with E-state index in [0.29, 0.717) is 25.7 Å². The van der Waals surface area contributed by atoms with Gasteiger partial charge in [0, 0.05) is 18.3 Å². The van der Waals surface area contributed by atoms with E-state index < -0.39 is 5.97 Å². The second-order valence-corrected chi connectivity index (χ2v) is 6.66. The molecule has 1 fully saturated rings. The lowest BCUT2D eigenvalue weighted by molar-refractivity contribution is -0.144. The minimum absolute atomic E-state index is 0.0208. The second kappa shape index (κ2) is 7.51. The summed E-state index contributed by atoms with van der Waals surface area (Å²) >= 11 is 0. The molecule has 1 unspecified atom stereocenters. The van der Waals surface area contributed by atoms with Crippen LogP contribution in [0.4, 0.5) is 0 Å². The van der Waals surface area contributed by atoms with Gasteiger partial charge < -0.3 is 10.4 Å². The smallest absolute Gasteiger partial charge is 0.306 e. The van der Waals surface area contributed by atoms with Crippen LogP contribution in [0.5, 0.6) is 0 Å². The van der Waals surface area contributed by atoms with Crippen molar-refractivity contribution in [1.82, 2.24) is 15.1 Å². The Balaban J connectivity index is 1.56. The molecule has 1 aromatic heterocycles. The molecule has 1 aliphatic carbocycles. The lowest BCUT2D eigenvalue weighted by Crippen LogP contribution is -2.35. The molecule has 132 valence electrons. The van der Waals surface area contributed by atoms with E-state index in [1.54, 1.807) is 10.9 Å². The fourth-order valence-corrected chi connectivity index (χ4v) is 3.35. The van der Waals surface area contributed by atoms with Gasteiger partial charge in [0.1, 0.15) is 0 Å². The van der Waals surface area contributed by atoms with E-state index in [0.717, 1.165) is 11.3 Å². The van der Waals surface area contributed by atoms with Crippen molar-refractivity contribution in [3.63, 3.8) is 0 Å². The van der Waals surface area contributed by atoms with Gasteiger partial charge in [0.05, 0.1) is 17.6 Å². The third kappa shape index (κ3) is 4.07. The Labute approximate surface area is 146 Å². The Morgan fingerprint density at radius 1 is 1.16 bits per heavy atom. The first kappa shape index (κ1) is 17.2. The summed E-state index contributed by atoms with van der Waals surface area (Å²) in [5, 5.41) is 16.3. The van der Waals surface area contributed by atoms with E-state index in [9.17, 15) is 9.59 Å². The number of carboxylic acids is 1. The molecule has 2 aromatic rings. The molecule has 1 heterocycles. The monoisotopic (exact) mass is 341 g/mol. The van der Waals surface area contributed by atoms with Crippen LogP contribution in [-0.2, 0) is 9.59 Å². The van der Waals surface area contributed by atoms with Crippen molar-refractivity contribution in [2.24, 2.45) is 11.8 Å². The number of benzene rings is 1. The van der Waals surface area contributed by atoms with E-state index in [1.165, 1.54) is 0 Å². The van der Waals surface area contributed by atoms with Gasteiger partial charge >= 0.3 is 5.97 Å². The van der Waals surface area contributed by atoms with Crippen LogP contribution in [0.2, 0.25) is 0 Å². The summed E-state index contributed by atoms with van der Waals surface area (Å²) in [7, 11) is 0. The van der Waals surface area contributed by atoms with E-state index >= 15 is 0 Å². The average molecular weight is 341 g/mol. The molecule has 1 aliphatic rings. The second-order valence-electron chi connectivity index (χ2n) is 6.66. The highest BCUT2D eigenvalue weighted by atomic mass is 16.4. The number of rotatable bonds is 5. The molecule has 1 saturated carbocycles. The number of aliphatic carboxylic acids is 1. The van der Waals surface area contributed by atoms with Crippen molar-refractivity contribution in [2.75, 3.05) is 0 Å². The zero-order valence-corrected chi connectivity index (χ0v) is 14.3. The van der Waals surface area contributed by atoms with Crippen LogP contribution in [-0.4, -0.2) is 26.8 Å². The van der Waals surface area contributed by atoms with Gasteiger partial charge in [-0.1, -0.05) is 12.1 Å². The molecule has 0 spiro atoms. The van der Waals surface area contributed by atoms with Gasteiger partial charge in [-0.2, -0.15) is 5.10 Å². The summed E-state index contributed by atoms with van der Waals surface area (Å²) in [5.74, 6) is -1.10. The average Bonchev–Trinajstić information content (AvgIpc) is 3.16. The van der Waals surface area contributed by atoms with Gasteiger partial charge in [-0.3, -0.25) is 9.59 Å². The molecule has 1 amide bonds. The maximum atomic E-state index is 12.4. The first-order chi connectivity index (χ1) is 12.0. The summed E-state index contributed by atoms with van der Waals surface area (Å²) in [5.41, 5.74) is 2.00. The molecule has 6 nitrogen and oxygen atoms in total. The van der Waals surface area contributed by atoms with Crippen LogP contribution in [0.25, 0.3) is 5.69 Å². The lowest BCUT2D eigenvalue weighted by Gasteiger charge is -2.26. The molecule has 1 aromatic carbocycles. The van der Waals surface area contributed by atoms with Crippen molar-refractivity contribution >= 4 is 11.9 Å². The molecule has 0 aliphatic heterocycles. The lowest BCUT2D eigenvalue weighted by atomic mass is 9.81. The molecular weight excluding hydrogens is 318 g/mol. The van der Waals surface area contributed by atoms with Gasteiger partial charge in [0.2, 0.25) is 5.91 Å². The summed E-state index contributed by atoms with van der Waals surface area (Å²) < 4.78 is 1.79. The first-order valence-corrected chi connectivity index (χ1v) is 8.67. The number of aromatic nitrogens is 2. The first-order valence-electron chi connectivity index (χ1n) is 8.67. The molecule has 0 radical (unpaired) electrons. The number of hydrogen-bond donors (Lipinski definition) is 2. The number of hydrogen-bond acceptors (Lipinski definition) is 3. The third-order valence-electron chi connectivity index (χ3n) is 4.97. The molecule has 0 saturated heterocycles.